The number of nitrogens with one attached hydrogen (secondary N) is 2. The fraction of sp³-hybridized carbons (Fsp3) is 0.545. The summed E-state index contributed by atoms with van der Waals surface area (Å²) in [5.74, 6) is -2.35. The van der Waals surface area contributed by atoms with Crippen molar-refractivity contribution in [3.05, 3.63) is 36.0 Å². The zero-order valence-corrected chi connectivity index (χ0v) is 27.0. The summed E-state index contributed by atoms with van der Waals surface area (Å²) in [5, 5.41) is 15.6. The number of fused-ring (bicyclic) bond motifs is 1. The van der Waals surface area contributed by atoms with Crippen molar-refractivity contribution in [2.75, 3.05) is 52.5 Å². The van der Waals surface area contributed by atoms with E-state index in [4.69, 9.17) is 9.47 Å². The minimum atomic E-state index is -1.16. The van der Waals surface area contributed by atoms with E-state index < -0.39 is 29.9 Å². The highest BCUT2D eigenvalue weighted by Crippen LogP contribution is 2.27. The molecule has 48 heavy (non-hydrogen) atoms. The number of aromatic nitrogens is 1. The van der Waals surface area contributed by atoms with Gasteiger partial charge in [0, 0.05) is 69.1 Å². The van der Waals surface area contributed by atoms with E-state index in [9.17, 15) is 33.9 Å². The van der Waals surface area contributed by atoms with E-state index in [0.717, 1.165) is 12.8 Å². The lowest BCUT2D eigenvalue weighted by molar-refractivity contribution is -0.138. The molecule has 3 heterocycles. The van der Waals surface area contributed by atoms with Gasteiger partial charge in [0.05, 0.1) is 12.1 Å². The molecule has 1 aliphatic carbocycles. The molecule has 258 valence electrons. The number of piperazine rings is 1. The molecule has 2 saturated heterocycles. The lowest BCUT2D eigenvalue weighted by atomic mass is 9.96. The fourth-order valence-electron chi connectivity index (χ4n) is 5.85. The minimum absolute atomic E-state index is 0.0541. The first-order chi connectivity index (χ1) is 23.1. The average Bonchev–Trinajstić information content (AvgIpc) is 3.92. The van der Waals surface area contributed by atoms with Crippen molar-refractivity contribution in [3.8, 4) is 5.75 Å². The Morgan fingerprint density at radius 3 is 2.29 bits per heavy atom. The van der Waals surface area contributed by atoms with Crippen molar-refractivity contribution in [3.63, 3.8) is 0 Å². The maximum atomic E-state index is 13.5. The van der Waals surface area contributed by atoms with Crippen molar-refractivity contribution in [2.45, 2.75) is 57.5 Å². The number of hydrogen-bond donors (Lipinski definition) is 3. The van der Waals surface area contributed by atoms with Crippen LogP contribution in [0, 0.1) is 5.92 Å². The molecule has 15 nitrogen and oxygen atoms in total. The first-order valence-electron chi connectivity index (χ1n) is 16.5. The number of piperidine rings is 1. The maximum absolute atomic E-state index is 13.5. The second-order valence-corrected chi connectivity index (χ2v) is 12.2. The van der Waals surface area contributed by atoms with Crippen LogP contribution in [0.2, 0.25) is 0 Å². The number of ether oxygens (including phenoxy) is 2. The van der Waals surface area contributed by atoms with Crippen LogP contribution in [0.25, 0.3) is 10.9 Å². The molecule has 3 fully saturated rings. The number of para-hydroxylation sites is 1. The number of pyridine rings is 1. The van der Waals surface area contributed by atoms with Gasteiger partial charge in [-0.15, -0.1) is 0 Å². The summed E-state index contributed by atoms with van der Waals surface area (Å²) in [7, 11) is 0. The summed E-state index contributed by atoms with van der Waals surface area (Å²) in [5.41, 5.74) is 0.359. The number of carboxylic acid groups (broad SMARTS) is 1. The molecule has 0 radical (unpaired) electrons. The monoisotopic (exact) mass is 666 g/mol. The molecule has 1 aromatic heterocycles. The van der Waals surface area contributed by atoms with Gasteiger partial charge in [0.2, 0.25) is 11.8 Å². The van der Waals surface area contributed by atoms with Gasteiger partial charge < -0.3 is 39.9 Å². The topological polar surface area (TPSA) is 188 Å². The Bertz CT molecular complexity index is 1530. The molecule has 3 aliphatic rings. The van der Waals surface area contributed by atoms with Gasteiger partial charge in [0.25, 0.3) is 11.8 Å². The number of likely N-dealkylation sites (tertiary alicyclic amines) is 1. The molecule has 0 spiro atoms. The third-order valence-corrected chi connectivity index (χ3v) is 8.77. The van der Waals surface area contributed by atoms with Crippen LogP contribution in [0.15, 0.2) is 30.3 Å². The molecule has 5 amide bonds. The molecule has 0 bridgehead atoms. The number of amides is 5. The SMILES string of the molecule is CCOC(=O)N1CCN(C(=O)[C@H](CCC(=O)O)NC(=O)c2cc(OCC(=O)N3CCC(C(=O)NC4CC4)CC3)c3ccccc3n2)CC1. The first kappa shape index (κ1) is 34.4. The van der Waals surface area contributed by atoms with E-state index in [0.29, 0.717) is 42.9 Å². The maximum Gasteiger partial charge on any atom is 0.409 e. The van der Waals surface area contributed by atoms with Gasteiger partial charge in [-0.05, 0) is 51.2 Å². The smallest absolute Gasteiger partial charge is 0.409 e. The molecule has 1 aromatic carbocycles. The van der Waals surface area contributed by atoms with Crippen molar-refractivity contribution < 1.29 is 43.3 Å². The van der Waals surface area contributed by atoms with E-state index in [2.05, 4.69) is 15.6 Å². The number of carboxylic acids is 1. The Morgan fingerprint density at radius 2 is 1.62 bits per heavy atom. The molecule has 2 aliphatic heterocycles. The molecule has 5 rings (SSSR count). The molecular weight excluding hydrogens is 624 g/mol. The van der Waals surface area contributed by atoms with Crippen LogP contribution in [0.1, 0.15) is 55.9 Å². The second kappa shape index (κ2) is 15.8. The molecule has 2 aromatic rings. The molecule has 1 saturated carbocycles. The molecule has 1 atom stereocenters. The van der Waals surface area contributed by atoms with Crippen LogP contribution in [0.5, 0.6) is 5.75 Å². The highest BCUT2D eigenvalue weighted by atomic mass is 16.6. The van der Waals surface area contributed by atoms with Crippen molar-refractivity contribution in [2.24, 2.45) is 5.92 Å². The van der Waals surface area contributed by atoms with Gasteiger partial charge in [0.15, 0.2) is 6.61 Å². The first-order valence-corrected chi connectivity index (χ1v) is 16.5. The zero-order valence-electron chi connectivity index (χ0n) is 27.0. The van der Waals surface area contributed by atoms with E-state index in [1.54, 1.807) is 36.1 Å². The number of nitrogens with zero attached hydrogens (tertiary/aromatic N) is 4. The Morgan fingerprint density at radius 1 is 0.938 bits per heavy atom. The lowest BCUT2D eigenvalue weighted by Crippen LogP contribution is -2.56. The van der Waals surface area contributed by atoms with E-state index in [1.807, 2.05) is 0 Å². The molecule has 3 N–H and O–H groups in total. The quantitative estimate of drug-likeness (QED) is 0.299. The number of carbonyl (C=O) groups excluding carboxylic acids is 5. The summed E-state index contributed by atoms with van der Waals surface area (Å²) >= 11 is 0. The van der Waals surface area contributed by atoms with Crippen LogP contribution >= 0.6 is 0 Å². The third-order valence-electron chi connectivity index (χ3n) is 8.77. The Kier molecular flexibility index (Phi) is 11.3. The third kappa shape index (κ3) is 8.89. The Balaban J connectivity index is 1.23. The Hall–Kier alpha value is -4.95. The largest absolute Gasteiger partial charge is 0.483 e. The minimum Gasteiger partial charge on any atom is -0.483 e. The second-order valence-electron chi connectivity index (χ2n) is 12.2. The van der Waals surface area contributed by atoms with Crippen LogP contribution < -0.4 is 15.4 Å². The number of carbonyl (C=O) groups is 6. The van der Waals surface area contributed by atoms with Crippen LogP contribution in [-0.2, 0) is 23.9 Å². The molecular formula is C33H42N6O9. The van der Waals surface area contributed by atoms with Crippen LogP contribution in [0.4, 0.5) is 4.79 Å². The average molecular weight is 667 g/mol. The number of rotatable bonds is 12. The molecule has 15 heteroatoms. The van der Waals surface area contributed by atoms with Gasteiger partial charge in [-0.1, -0.05) is 12.1 Å². The van der Waals surface area contributed by atoms with Gasteiger partial charge in [0.1, 0.15) is 17.5 Å². The van der Waals surface area contributed by atoms with Crippen LogP contribution in [-0.4, -0.2) is 125 Å². The summed E-state index contributed by atoms with van der Waals surface area (Å²) in [6, 6.07) is 7.50. The van der Waals surface area contributed by atoms with Crippen molar-refractivity contribution in [1.82, 2.24) is 30.3 Å². The highest BCUT2D eigenvalue weighted by Gasteiger charge is 2.33. The summed E-state index contributed by atoms with van der Waals surface area (Å²) < 4.78 is 11.0. The zero-order chi connectivity index (χ0) is 34.2. The van der Waals surface area contributed by atoms with Crippen LogP contribution in [0.3, 0.4) is 0 Å². The molecule has 0 unspecified atom stereocenters. The van der Waals surface area contributed by atoms with Gasteiger partial charge in [-0.2, -0.15) is 0 Å². The Labute approximate surface area is 277 Å². The standard InChI is InChI=1S/C33H42N6O9/c1-2-47-33(46)39-17-15-38(16-18-39)32(45)25(9-10-29(41)42)36-31(44)26-19-27(23-5-3-4-6-24(23)35-26)48-20-28(40)37-13-11-21(12-14-37)30(43)34-22-7-8-22/h3-6,19,21-22,25H,2,7-18,20H2,1H3,(H,34,43)(H,36,44)(H,41,42)/t25-/m0/s1. The highest BCUT2D eigenvalue weighted by molar-refractivity contribution is 5.99. The lowest BCUT2D eigenvalue weighted by Gasteiger charge is -2.35. The van der Waals surface area contributed by atoms with E-state index >= 15 is 0 Å². The number of aliphatic carboxylic acids is 1. The van der Waals surface area contributed by atoms with E-state index in [-0.39, 0.29) is 81.4 Å². The number of hydrogen-bond acceptors (Lipinski definition) is 9. The summed E-state index contributed by atoms with van der Waals surface area (Å²) in [6.45, 7) is 3.41. The summed E-state index contributed by atoms with van der Waals surface area (Å²) in [6.07, 6.45) is 2.22. The predicted molar refractivity (Wildman–Crippen MR) is 171 cm³/mol. The van der Waals surface area contributed by atoms with Gasteiger partial charge in [-0.3, -0.25) is 24.0 Å². The normalized spacial score (nSPS) is 17.4. The fourth-order valence-corrected chi connectivity index (χ4v) is 5.85. The predicted octanol–water partition coefficient (Wildman–Crippen LogP) is 1.39. The van der Waals surface area contributed by atoms with Crippen molar-refractivity contribution in [1.29, 1.82) is 0 Å². The van der Waals surface area contributed by atoms with Gasteiger partial charge in [-0.25, -0.2) is 9.78 Å². The number of benzene rings is 1. The van der Waals surface area contributed by atoms with E-state index in [1.165, 1.54) is 15.9 Å². The van der Waals surface area contributed by atoms with Crippen molar-refractivity contribution >= 4 is 46.6 Å². The summed E-state index contributed by atoms with van der Waals surface area (Å²) in [4.78, 5) is 85.0. The van der Waals surface area contributed by atoms with Gasteiger partial charge >= 0.3 is 12.1 Å².